The second-order valence-electron chi connectivity index (χ2n) is 4.42. The minimum absolute atomic E-state index is 0.0185. The van der Waals surface area contributed by atoms with E-state index in [9.17, 15) is 9.18 Å². The molecule has 0 aliphatic carbocycles. The SMILES string of the molecule is Cc1nn(CC(=O)Nc2cc(F)ccc2N)c(C)c1Cl. The van der Waals surface area contributed by atoms with E-state index in [2.05, 4.69) is 10.4 Å². The number of aryl methyl sites for hydroxylation is 1. The van der Waals surface area contributed by atoms with Gasteiger partial charge in [-0.2, -0.15) is 5.10 Å². The molecule has 1 aromatic heterocycles. The first-order valence-corrected chi connectivity index (χ1v) is 6.30. The van der Waals surface area contributed by atoms with E-state index in [4.69, 9.17) is 17.3 Å². The smallest absolute Gasteiger partial charge is 0.246 e. The van der Waals surface area contributed by atoms with Crippen LogP contribution in [0, 0.1) is 19.7 Å². The van der Waals surface area contributed by atoms with Crippen molar-refractivity contribution < 1.29 is 9.18 Å². The summed E-state index contributed by atoms with van der Waals surface area (Å²) in [6.07, 6.45) is 0. The van der Waals surface area contributed by atoms with Crippen molar-refractivity contribution in [1.82, 2.24) is 9.78 Å². The zero-order valence-corrected chi connectivity index (χ0v) is 11.8. The second-order valence-corrected chi connectivity index (χ2v) is 4.80. The van der Waals surface area contributed by atoms with Crippen LogP contribution in [0.2, 0.25) is 5.02 Å². The Morgan fingerprint density at radius 1 is 1.50 bits per heavy atom. The Bertz CT molecular complexity index is 669. The van der Waals surface area contributed by atoms with Crippen molar-refractivity contribution in [3.63, 3.8) is 0 Å². The molecule has 0 saturated heterocycles. The van der Waals surface area contributed by atoms with E-state index in [0.717, 1.165) is 0 Å². The fourth-order valence-corrected chi connectivity index (χ4v) is 1.93. The number of carbonyl (C=O) groups is 1. The molecule has 7 heteroatoms. The Labute approximate surface area is 120 Å². The molecule has 2 aromatic rings. The summed E-state index contributed by atoms with van der Waals surface area (Å²) >= 11 is 6.00. The molecule has 5 nitrogen and oxygen atoms in total. The Kier molecular flexibility index (Phi) is 3.94. The number of aromatic nitrogens is 2. The number of carbonyl (C=O) groups excluding carboxylic acids is 1. The lowest BCUT2D eigenvalue weighted by atomic mass is 10.2. The molecule has 0 spiro atoms. The van der Waals surface area contributed by atoms with E-state index < -0.39 is 5.82 Å². The minimum atomic E-state index is -0.469. The van der Waals surface area contributed by atoms with Crippen LogP contribution in [0.4, 0.5) is 15.8 Å². The summed E-state index contributed by atoms with van der Waals surface area (Å²) in [4.78, 5) is 11.9. The van der Waals surface area contributed by atoms with Gasteiger partial charge in [-0.1, -0.05) is 11.6 Å². The lowest BCUT2D eigenvalue weighted by Crippen LogP contribution is -2.21. The van der Waals surface area contributed by atoms with Gasteiger partial charge in [0.25, 0.3) is 0 Å². The highest BCUT2D eigenvalue weighted by Crippen LogP contribution is 2.21. The number of amides is 1. The van der Waals surface area contributed by atoms with Crippen molar-refractivity contribution in [2.24, 2.45) is 0 Å². The molecule has 1 aromatic carbocycles. The van der Waals surface area contributed by atoms with Crippen LogP contribution < -0.4 is 11.1 Å². The van der Waals surface area contributed by atoms with Crippen molar-refractivity contribution in [2.75, 3.05) is 11.1 Å². The molecular formula is C13H14ClFN4O. The molecule has 0 saturated carbocycles. The number of nitrogens with zero attached hydrogens (tertiary/aromatic N) is 2. The first-order chi connectivity index (χ1) is 9.38. The monoisotopic (exact) mass is 296 g/mol. The van der Waals surface area contributed by atoms with Gasteiger partial charge in [-0.3, -0.25) is 9.48 Å². The number of halogens is 2. The Hall–Kier alpha value is -2.08. The fraction of sp³-hybridized carbons (Fsp3) is 0.231. The van der Waals surface area contributed by atoms with Gasteiger partial charge in [0.15, 0.2) is 0 Å². The molecule has 0 atom stereocenters. The molecule has 0 aliphatic heterocycles. The summed E-state index contributed by atoms with van der Waals surface area (Å²) < 4.78 is 14.6. The van der Waals surface area contributed by atoms with Gasteiger partial charge < -0.3 is 11.1 Å². The molecule has 2 rings (SSSR count). The fourth-order valence-electron chi connectivity index (χ4n) is 1.79. The summed E-state index contributed by atoms with van der Waals surface area (Å²) in [7, 11) is 0. The van der Waals surface area contributed by atoms with Crippen LogP contribution in [-0.4, -0.2) is 15.7 Å². The molecule has 3 N–H and O–H groups in total. The zero-order valence-electron chi connectivity index (χ0n) is 11.1. The number of benzene rings is 1. The molecule has 0 bridgehead atoms. The Morgan fingerprint density at radius 2 is 2.20 bits per heavy atom. The van der Waals surface area contributed by atoms with Gasteiger partial charge in [0, 0.05) is 0 Å². The van der Waals surface area contributed by atoms with Crippen molar-refractivity contribution in [3.05, 3.63) is 40.4 Å². The normalized spacial score (nSPS) is 10.6. The molecule has 0 radical (unpaired) electrons. The van der Waals surface area contributed by atoms with Gasteiger partial charge in [0.2, 0.25) is 5.91 Å². The summed E-state index contributed by atoms with van der Waals surface area (Å²) in [5, 5.41) is 7.23. The van der Waals surface area contributed by atoms with Crippen LogP contribution in [0.1, 0.15) is 11.4 Å². The predicted octanol–water partition coefficient (Wildman–Crippen LogP) is 2.51. The molecule has 20 heavy (non-hydrogen) atoms. The highest BCUT2D eigenvalue weighted by atomic mass is 35.5. The second kappa shape index (κ2) is 5.50. The largest absolute Gasteiger partial charge is 0.397 e. The van der Waals surface area contributed by atoms with Crippen LogP contribution in [-0.2, 0) is 11.3 Å². The van der Waals surface area contributed by atoms with Gasteiger partial charge in [-0.15, -0.1) is 0 Å². The van der Waals surface area contributed by atoms with Crippen molar-refractivity contribution in [3.8, 4) is 0 Å². The van der Waals surface area contributed by atoms with Gasteiger partial charge in [-0.25, -0.2) is 4.39 Å². The standard InChI is InChI=1S/C13H14ClFN4O/c1-7-13(14)8(2)19(18-7)6-12(20)17-11-5-9(15)3-4-10(11)16/h3-5H,6,16H2,1-2H3,(H,17,20). The third-order valence-electron chi connectivity index (χ3n) is 2.88. The van der Waals surface area contributed by atoms with E-state index in [1.54, 1.807) is 13.8 Å². The lowest BCUT2D eigenvalue weighted by Gasteiger charge is -2.09. The summed E-state index contributed by atoms with van der Waals surface area (Å²) in [6.45, 7) is 3.51. The molecular weight excluding hydrogens is 283 g/mol. The quantitative estimate of drug-likeness (QED) is 0.855. The maximum Gasteiger partial charge on any atom is 0.246 e. The topological polar surface area (TPSA) is 72.9 Å². The molecule has 0 unspecified atom stereocenters. The summed E-state index contributed by atoms with van der Waals surface area (Å²) in [6, 6.07) is 3.79. The van der Waals surface area contributed by atoms with Crippen molar-refractivity contribution in [2.45, 2.75) is 20.4 Å². The molecule has 0 fully saturated rings. The van der Waals surface area contributed by atoms with E-state index in [-0.39, 0.29) is 18.1 Å². The number of hydrogen-bond acceptors (Lipinski definition) is 3. The van der Waals surface area contributed by atoms with Crippen LogP contribution in [0.15, 0.2) is 18.2 Å². The summed E-state index contributed by atoms with van der Waals surface area (Å²) in [5.74, 6) is -0.826. The van der Waals surface area contributed by atoms with Crippen molar-refractivity contribution >= 4 is 28.9 Å². The number of rotatable bonds is 3. The first kappa shape index (κ1) is 14.3. The van der Waals surface area contributed by atoms with Gasteiger partial charge in [0.05, 0.1) is 27.8 Å². The van der Waals surface area contributed by atoms with E-state index >= 15 is 0 Å². The number of anilines is 2. The maximum atomic E-state index is 13.1. The van der Waals surface area contributed by atoms with Crippen molar-refractivity contribution in [1.29, 1.82) is 0 Å². The van der Waals surface area contributed by atoms with Gasteiger partial charge >= 0.3 is 0 Å². The lowest BCUT2D eigenvalue weighted by molar-refractivity contribution is -0.116. The highest BCUT2D eigenvalue weighted by Gasteiger charge is 2.13. The Morgan fingerprint density at radius 3 is 2.80 bits per heavy atom. The van der Waals surface area contributed by atoms with Crippen LogP contribution in [0.3, 0.4) is 0 Å². The van der Waals surface area contributed by atoms with Gasteiger partial charge in [0.1, 0.15) is 12.4 Å². The molecule has 0 aliphatic rings. The van der Waals surface area contributed by atoms with Crippen LogP contribution in [0.25, 0.3) is 0 Å². The molecule has 106 valence electrons. The van der Waals surface area contributed by atoms with Crippen LogP contribution >= 0.6 is 11.6 Å². The maximum absolute atomic E-state index is 13.1. The number of nitrogens with one attached hydrogen (secondary N) is 1. The number of hydrogen-bond donors (Lipinski definition) is 2. The van der Waals surface area contributed by atoms with E-state index in [1.807, 2.05) is 0 Å². The first-order valence-electron chi connectivity index (χ1n) is 5.93. The average molecular weight is 297 g/mol. The van der Waals surface area contributed by atoms with Crippen LogP contribution in [0.5, 0.6) is 0 Å². The van der Waals surface area contributed by atoms with E-state index in [0.29, 0.717) is 22.1 Å². The molecule has 1 amide bonds. The molecule has 1 heterocycles. The predicted molar refractivity (Wildman–Crippen MR) is 76.2 cm³/mol. The van der Waals surface area contributed by atoms with E-state index in [1.165, 1.54) is 22.9 Å². The third kappa shape index (κ3) is 2.91. The number of nitrogens with two attached hydrogens (primary N) is 1. The summed E-state index contributed by atoms with van der Waals surface area (Å²) in [5.41, 5.74) is 7.56. The zero-order chi connectivity index (χ0) is 14.9. The van der Waals surface area contributed by atoms with Gasteiger partial charge in [-0.05, 0) is 32.0 Å². The Balaban J connectivity index is 2.13. The average Bonchev–Trinajstić information content (AvgIpc) is 2.61. The number of nitrogen functional groups attached to an aromatic ring is 1. The highest BCUT2D eigenvalue weighted by molar-refractivity contribution is 6.31. The third-order valence-corrected chi connectivity index (χ3v) is 3.42. The minimum Gasteiger partial charge on any atom is -0.397 e.